The first-order chi connectivity index (χ1) is 7.99. The number of rotatable bonds is 1. The van der Waals surface area contributed by atoms with Gasteiger partial charge in [-0.1, -0.05) is 11.1 Å². The molecule has 1 N–H and O–H groups in total. The van der Waals surface area contributed by atoms with Gasteiger partial charge in [0.15, 0.2) is 0 Å². The Labute approximate surface area is 103 Å². The molecule has 2 saturated heterocycles. The van der Waals surface area contributed by atoms with Crippen LogP contribution in [-0.2, 0) is 9.53 Å². The van der Waals surface area contributed by atoms with E-state index in [2.05, 4.69) is 19.2 Å². The van der Waals surface area contributed by atoms with Crippen LogP contribution in [0.5, 0.6) is 0 Å². The first-order valence-electron chi connectivity index (χ1n) is 6.23. The van der Waals surface area contributed by atoms with Crippen molar-refractivity contribution in [3.8, 4) is 0 Å². The lowest BCUT2D eigenvalue weighted by atomic mass is 9.99. The van der Waals surface area contributed by atoms with Gasteiger partial charge in [-0.2, -0.15) is 0 Å². The molecule has 0 unspecified atom stereocenters. The maximum absolute atomic E-state index is 11.8. The van der Waals surface area contributed by atoms with E-state index < -0.39 is 0 Å². The molecule has 17 heavy (non-hydrogen) atoms. The third kappa shape index (κ3) is 2.44. The summed E-state index contributed by atoms with van der Waals surface area (Å²) < 4.78 is 5.79. The zero-order valence-electron chi connectivity index (χ0n) is 11.1. The Morgan fingerprint density at radius 2 is 1.88 bits per heavy atom. The van der Waals surface area contributed by atoms with Crippen LogP contribution in [0.15, 0.2) is 22.3 Å². The maximum Gasteiger partial charge on any atom is 0.247 e. The molecule has 1 amide bonds. The van der Waals surface area contributed by atoms with Gasteiger partial charge in [0.25, 0.3) is 0 Å². The minimum atomic E-state index is 0.0873. The average Bonchev–Trinajstić information content (AvgIpc) is 2.82. The van der Waals surface area contributed by atoms with E-state index in [4.69, 9.17) is 4.74 Å². The molecular weight excluding hydrogens is 214 g/mol. The number of hydrogen-bond donors (Lipinski definition) is 1. The third-order valence-corrected chi connectivity index (χ3v) is 3.69. The fourth-order valence-electron chi connectivity index (χ4n) is 2.45. The largest absolute Gasteiger partial charge is 0.371 e. The smallest absolute Gasteiger partial charge is 0.247 e. The van der Waals surface area contributed by atoms with Crippen molar-refractivity contribution in [2.45, 2.75) is 52.7 Å². The van der Waals surface area contributed by atoms with E-state index in [9.17, 15) is 4.79 Å². The van der Waals surface area contributed by atoms with Gasteiger partial charge in [-0.25, -0.2) is 0 Å². The second-order valence-electron chi connectivity index (χ2n) is 5.42. The molecule has 0 aliphatic carbocycles. The summed E-state index contributed by atoms with van der Waals surface area (Å²) >= 11 is 0. The molecule has 0 bridgehead atoms. The van der Waals surface area contributed by atoms with Gasteiger partial charge in [0, 0.05) is 12.0 Å². The van der Waals surface area contributed by atoms with Crippen molar-refractivity contribution in [1.82, 2.24) is 5.32 Å². The number of amides is 1. The third-order valence-electron chi connectivity index (χ3n) is 3.69. The average molecular weight is 235 g/mol. The summed E-state index contributed by atoms with van der Waals surface area (Å²) in [5, 5.41) is 3.04. The standard InChI is InChI=1S/C14H21NO2/c1-8(2)10-5-13(17-7-10)12-6-11(9(3)4)14(16)15-12/h12-13H,5-7H2,1-4H3,(H,15,16)/t12-,13-/m0/s1. The van der Waals surface area contributed by atoms with Crippen LogP contribution in [0.3, 0.4) is 0 Å². The molecule has 0 aromatic rings. The van der Waals surface area contributed by atoms with E-state index in [1.807, 2.05) is 13.8 Å². The van der Waals surface area contributed by atoms with Gasteiger partial charge in [-0.3, -0.25) is 4.79 Å². The quantitative estimate of drug-likeness (QED) is 0.559. The summed E-state index contributed by atoms with van der Waals surface area (Å²) in [7, 11) is 0. The number of ether oxygens (including phenoxy) is 1. The van der Waals surface area contributed by atoms with Gasteiger partial charge in [0.05, 0.1) is 18.8 Å². The molecular formula is C14H21NO2. The maximum atomic E-state index is 11.8. The van der Waals surface area contributed by atoms with Crippen molar-refractivity contribution >= 4 is 5.91 Å². The van der Waals surface area contributed by atoms with Crippen LogP contribution < -0.4 is 5.32 Å². The van der Waals surface area contributed by atoms with Crippen LogP contribution in [0.4, 0.5) is 0 Å². The summed E-state index contributed by atoms with van der Waals surface area (Å²) in [6.07, 6.45) is 1.92. The SMILES string of the molecule is CC(C)=C1CO[C@H]([C@@H]2CC(=C(C)C)C(=O)N2)C1. The summed E-state index contributed by atoms with van der Waals surface area (Å²) in [5.41, 5.74) is 4.78. The lowest BCUT2D eigenvalue weighted by Gasteiger charge is -2.16. The first kappa shape index (κ1) is 12.4. The minimum absolute atomic E-state index is 0.0873. The Morgan fingerprint density at radius 1 is 1.18 bits per heavy atom. The highest BCUT2D eigenvalue weighted by molar-refractivity contribution is 5.96. The molecule has 3 nitrogen and oxygen atoms in total. The highest BCUT2D eigenvalue weighted by atomic mass is 16.5. The number of nitrogens with one attached hydrogen (secondary N) is 1. The van der Waals surface area contributed by atoms with E-state index in [1.165, 1.54) is 11.1 Å². The zero-order chi connectivity index (χ0) is 12.6. The summed E-state index contributed by atoms with van der Waals surface area (Å²) in [4.78, 5) is 11.8. The molecule has 0 radical (unpaired) electrons. The van der Waals surface area contributed by atoms with Crippen LogP contribution in [-0.4, -0.2) is 24.7 Å². The molecule has 0 saturated carbocycles. The minimum Gasteiger partial charge on any atom is -0.371 e. The fourth-order valence-corrected chi connectivity index (χ4v) is 2.45. The van der Waals surface area contributed by atoms with Crippen molar-refractivity contribution in [1.29, 1.82) is 0 Å². The molecule has 0 spiro atoms. The van der Waals surface area contributed by atoms with Crippen molar-refractivity contribution < 1.29 is 9.53 Å². The van der Waals surface area contributed by atoms with Gasteiger partial charge in [0.2, 0.25) is 5.91 Å². The highest BCUT2D eigenvalue weighted by Gasteiger charge is 2.36. The topological polar surface area (TPSA) is 38.3 Å². The van der Waals surface area contributed by atoms with Crippen molar-refractivity contribution in [2.75, 3.05) is 6.61 Å². The molecule has 3 heteroatoms. The predicted molar refractivity (Wildman–Crippen MR) is 67.7 cm³/mol. The molecule has 2 heterocycles. The number of hydrogen-bond acceptors (Lipinski definition) is 2. The second-order valence-corrected chi connectivity index (χ2v) is 5.42. The van der Waals surface area contributed by atoms with Crippen LogP contribution in [0, 0.1) is 0 Å². The molecule has 0 aromatic carbocycles. The Balaban J connectivity index is 2.06. The van der Waals surface area contributed by atoms with Gasteiger partial charge in [0.1, 0.15) is 0 Å². The second kappa shape index (κ2) is 4.65. The summed E-state index contributed by atoms with van der Waals surface area (Å²) in [6.45, 7) is 8.96. The molecule has 2 aliphatic rings. The number of allylic oxidation sites excluding steroid dienone is 2. The van der Waals surface area contributed by atoms with Crippen molar-refractivity contribution in [3.05, 3.63) is 22.3 Å². The normalized spacial score (nSPS) is 28.6. The van der Waals surface area contributed by atoms with Crippen molar-refractivity contribution in [3.63, 3.8) is 0 Å². The van der Waals surface area contributed by atoms with Crippen LogP contribution >= 0.6 is 0 Å². The van der Waals surface area contributed by atoms with Crippen molar-refractivity contribution in [2.24, 2.45) is 0 Å². The first-order valence-corrected chi connectivity index (χ1v) is 6.23. The Hall–Kier alpha value is -1.09. The fraction of sp³-hybridized carbons (Fsp3) is 0.643. The lowest BCUT2D eigenvalue weighted by Crippen LogP contribution is -2.36. The lowest BCUT2D eigenvalue weighted by molar-refractivity contribution is -0.117. The van der Waals surface area contributed by atoms with E-state index in [1.54, 1.807) is 0 Å². The van der Waals surface area contributed by atoms with E-state index in [0.29, 0.717) is 0 Å². The zero-order valence-corrected chi connectivity index (χ0v) is 11.1. The van der Waals surface area contributed by atoms with Gasteiger partial charge in [-0.15, -0.1) is 0 Å². The molecule has 0 aromatic heterocycles. The molecule has 2 aliphatic heterocycles. The Kier molecular flexibility index (Phi) is 3.38. The number of carbonyl (C=O) groups excluding carboxylic acids is 1. The molecule has 2 fully saturated rings. The van der Waals surface area contributed by atoms with Crippen LogP contribution in [0.25, 0.3) is 0 Å². The highest BCUT2D eigenvalue weighted by Crippen LogP contribution is 2.29. The van der Waals surface area contributed by atoms with E-state index in [-0.39, 0.29) is 18.1 Å². The van der Waals surface area contributed by atoms with E-state index >= 15 is 0 Å². The summed E-state index contributed by atoms with van der Waals surface area (Å²) in [5.74, 6) is 0.0873. The monoisotopic (exact) mass is 235 g/mol. The van der Waals surface area contributed by atoms with Crippen LogP contribution in [0.1, 0.15) is 40.5 Å². The molecule has 2 rings (SSSR count). The molecule has 94 valence electrons. The van der Waals surface area contributed by atoms with E-state index in [0.717, 1.165) is 30.6 Å². The van der Waals surface area contributed by atoms with Crippen LogP contribution in [0.2, 0.25) is 0 Å². The Bertz CT molecular complexity index is 398. The molecule has 2 atom stereocenters. The van der Waals surface area contributed by atoms with Gasteiger partial charge >= 0.3 is 0 Å². The van der Waals surface area contributed by atoms with Gasteiger partial charge < -0.3 is 10.1 Å². The predicted octanol–water partition coefficient (Wildman–Crippen LogP) is 2.34. The number of carbonyl (C=O) groups is 1. The Morgan fingerprint density at radius 3 is 2.35 bits per heavy atom. The summed E-state index contributed by atoms with van der Waals surface area (Å²) in [6, 6.07) is 0.157. The van der Waals surface area contributed by atoms with Gasteiger partial charge in [-0.05, 0) is 39.7 Å².